The summed E-state index contributed by atoms with van der Waals surface area (Å²) < 4.78 is 23.6. The number of allylic oxidation sites excluding steroid dienone is 4. The Bertz CT molecular complexity index is 1230. The molecular formula is C61H122N2O7P+. The van der Waals surface area contributed by atoms with Crippen LogP contribution in [0.2, 0.25) is 0 Å². The van der Waals surface area contributed by atoms with Crippen LogP contribution in [0.15, 0.2) is 24.3 Å². The van der Waals surface area contributed by atoms with Gasteiger partial charge in [-0.2, -0.15) is 0 Å². The maximum atomic E-state index is 13.0. The standard InChI is InChI=1S/C61H121N2O7P/c1-6-8-10-12-14-16-18-20-21-22-23-24-25-26-27-28-29-30-31-32-33-34-35-36-37-38-39-40-41-42-44-46-48-50-52-54-60(65)62-58(57-70-71(67,68)69-56-55-63(3,4)5)61(66)59(64)53-51-49-47-45-43-19-17-15-13-11-9-7-2/h22-23,45,47,58-59,61,64,66H,6-21,24-44,46,48-57H2,1-5H3,(H-,62,65,67,68)/p+1/b23-22-,47-45+. The van der Waals surface area contributed by atoms with Gasteiger partial charge in [0.25, 0.3) is 0 Å². The molecule has 0 aliphatic carbocycles. The second-order valence-electron chi connectivity index (χ2n) is 22.6. The second kappa shape index (κ2) is 52.4. The number of nitrogens with zero attached hydrogens (tertiary/aromatic N) is 1. The molecule has 1 amide bonds. The Morgan fingerprint density at radius 3 is 1.13 bits per heavy atom. The van der Waals surface area contributed by atoms with E-state index in [4.69, 9.17) is 9.05 Å². The number of quaternary nitrogens is 1. The number of aliphatic hydroxyl groups is 2. The maximum Gasteiger partial charge on any atom is 0.472 e. The van der Waals surface area contributed by atoms with E-state index in [1.54, 1.807) is 0 Å². The normalized spacial score (nSPS) is 14.4. The van der Waals surface area contributed by atoms with Crippen LogP contribution in [-0.4, -0.2) is 84.6 Å². The van der Waals surface area contributed by atoms with Gasteiger partial charge in [0.2, 0.25) is 5.91 Å². The van der Waals surface area contributed by atoms with Crippen molar-refractivity contribution in [3.8, 4) is 0 Å². The van der Waals surface area contributed by atoms with E-state index in [1.165, 1.54) is 238 Å². The fraction of sp³-hybridized carbons (Fsp3) is 0.918. The summed E-state index contributed by atoms with van der Waals surface area (Å²) in [5.74, 6) is -0.263. The summed E-state index contributed by atoms with van der Waals surface area (Å²) in [5.41, 5.74) is 0. The number of aliphatic hydroxyl groups excluding tert-OH is 2. The van der Waals surface area contributed by atoms with E-state index < -0.39 is 32.7 Å². The maximum absolute atomic E-state index is 13.0. The predicted octanol–water partition coefficient (Wildman–Crippen LogP) is 17.7. The Morgan fingerprint density at radius 2 is 0.789 bits per heavy atom. The summed E-state index contributed by atoms with van der Waals surface area (Å²) in [6.07, 6.45) is 63.0. The molecule has 0 rings (SSSR count). The van der Waals surface area contributed by atoms with Crippen molar-refractivity contribution in [3.05, 3.63) is 24.3 Å². The first-order valence-electron chi connectivity index (χ1n) is 30.8. The van der Waals surface area contributed by atoms with Crippen molar-refractivity contribution < 1.29 is 38.0 Å². The number of unbranched alkanes of at least 4 members (excludes halogenated alkanes) is 39. The second-order valence-corrected chi connectivity index (χ2v) is 24.0. The predicted molar refractivity (Wildman–Crippen MR) is 306 cm³/mol. The summed E-state index contributed by atoms with van der Waals surface area (Å²) in [7, 11) is 1.43. The van der Waals surface area contributed by atoms with Gasteiger partial charge < -0.3 is 24.9 Å². The van der Waals surface area contributed by atoms with Crippen LogP contribution in [0, 0.1) is 0 Å². The van der Waals surface area contributed by atoms with Crippen LogP contribution >= 0.6 is 7.82 Å². The highest BCUT2D eigenvalue weighted by Gasteiger charge is 2.32. The SMILES string of the molecule is CCCCCCCCC/C=C/CCCC(O)C(O)C(COP(=O)(O)OCC[N+](C)(C)C)NC(=O)CCCCCCCCCCCCCCCCCCCCCCCCC/C=C\CCCCCCCCCC. The van der Waals surface area contributed by atoms with Crippen LogP contribution in [0.4, 0.5) is 0 Å². The number of phosphoric ester groups is 1. The lowest BCUT2D eigenvalue weighted by atomic mass is 10.0. The number of carbonyl (C=O) groups is 1. The summed E-state index contributed by atoms with van der Waals surface area (Å²) in [6.45, 7) is 4.61. The van der Waals surface area contributed by atoms with E-state index in [1.807, 2.05) is 21.1 Å². The number of hydrogen-bond acceptors (Lipinski definition) is 6. The number of carbonyl (C=O) groups excluding carboxylic acids is 1. The van der Waals surface area contributed by atoms with Gasteiger partial charge in [0, 0.05) is 6.42 Å². The first-order chi connectivity index (χ1) is 34.4. The third-order valence-corrected chi connectivity index (χ3v) is 15.2. The lowest BCUT2D eigenvalue weighted by Gasteiger charge is -2.28. The van der Waals surface area contributed by atoms with Gasteiger partial charge in [-0.25, -0.2) is 4.57 Å². The molecule has 0 aromatic heterocycles. The lowest BCUT2D eigenvalue weighted by molar-refractivity contribution is -0.870. The number of hydrogen-bond donors (Lipinski definition) is 4. The molecule has 71 heavy (non-hydrogen) atoms. The van der Waals surface area contributed by atoms with Crippen LogP contribution in [0.5, 0.6) is 0 Å². The number of phosphoric acid groups is 1. The Hall–Kier alpha value is -1.06. The molecule has 422 valence electrons. The van der Waals surface area contributed by atoms with Crippen molar-refractivity contribution in [3.63, 3.8) is 0 Å². The molecule has 0 spiro atoms. The van der Waals surface area contributed by atoms with Gasteiger partial charge in [-0.1, -0.05) is 256 Å². The first-order valence-corrected chi connectivity index (χ1v) is 32.3. The van der Waals surface area contributed by atoms with Crippen molar-refractivity contribution in [1.82, 2.24) is 5.32 Å². The minimum absolute atomic E-state index is 0.0187. The zero-order chi connectivity index (χ0) is 52.2. The van der Waals surface area contributed by atoms with Gasteiger partial charge >= 0.3 is 7.82 Å². The zero-order valence-corrected chi connectivity index (χ0v) is 48.7. The molecule has 0 fully saturated rings. The summed E-state index contributed by atoms with van der Waals surface area (Å²) in [6, 6.07) is -1.05. The van der Waals surface area contributed by atoms with E-state index in [0.717, 1.165) is 32.1 Å². The van der Waals surface area contributed by atoms with Gasteiger partial charge in [0.05, 0.1) is 39.9 Å². The van der Waals surface area contributed by atoms with E-state index in [2.05, 4.69) is 43.5 Å². The first kappa shape index (κ1) is 69.9. The van der Waals surface area contributed by atoms with Gasteiger partial charge in [-0.05, 0) is 64.2 Å². The molecule has 0 bridgehead atoms. The van der Waals surface area contributed by atoms with Gasteiger partial charge in [0.15, 0.2) is 0 Å². The molecule has 0 aromatic carbocycles. The number of rotatable bonds is 57. The molecule has 10 heteroatoms. The fourth-order valence-electron chi connectivity index (χ4n) is 9.38. The van der Waals surface area contributed by atoms with Gasteiger partial charge in [0.1, 0.15) is 19.3 Å². The number of nitrogens with one attached hydrogen (secondary N) is 1. The molecule has 0 radical (unpaired) electrons. The van der Waals surface area contributed by atoms with Gasteiger partial charge in [-0.3, -0.25) is 13.8 Å². The highest BCUT2D eigenvalue weighted by molar-refractivity contribution is 7.47. The molecular weight excluding hydrogens is 904 g/mol. The number of amides is 1. The topological polar surface area (TPSA) is 125 Å². The van der Waals surface area contributed by atoms with Crippen molar-refractivity contribution in [2.24, 2.45) is 0 Å². The molecule has 0 aliphatic rings. The van der Waals surface area contributed by atoms with Crippen molar-refractivity contribution in [1.29, 1.82) is 0 Å². The van der Waals surface area contributed by atoms with Crippen LogP contribution in [-0.2, 0) is 18.4 Å². The molecule has 0 aliphatic heterocycles. The lowest BCUT2D eigenvalue weighted by Crippen LogP contribution is -2.51. The summed E-state index contributed by atoms with van der Waals surface area (Å²) in [4.78, 5) is 23.3. The third-order valence-electron chi connectivity index (χ3n) is 14.3. The van der Waals surface area contributed by atoms with E-state index in [0.29, 0.717) is 23.9 Å². The highest BCUT2D eigenvalue weighted by atomic mass is 31.2. The molecule has 4 N–H and O–H groups in total. The highest BCUT2D eigenvalue weighted by Crippen LogP contribution is 2.43. The van der Waals surface area contributed by atoms with Crippen molar-refractivity contribution in [2.45, 2.75) is 321 Å². The zero-order valence-electron chi connectivity index (χ0n) is 47.9. The molecule has 0 saturated carbocycles. The molecule has 4 unspecified atom stereocenters. The largest absolute Gasteiger partial charge is 0.472 e. The van der Waals surface area contributed by atoms with E-state index in [-0.39, 0.29) is 18.9 Å². The van der Waals surface area contributed by atoms with Crippen LogP contribution in [0.25, 0.3) is 0 Å². The third kappa shape index (κ3) is 53.6. The summed E-state index contributed by atoms with van der Waals surface area (Å²) in [5, 5.41) is 24.8. The number of likely N-dealkylation sites (N-methyl/N-ethyl adjacent to an activating group) is 1. The molecule has 0 aromatic rings. The van der Waals surface area contributed by atoms with Crippen molar-refractivity contribution in [2.75, 3.05) is 40.9 Å². The van der Waals surface area contributed by atoms with E-state index in [9.17, 15) is 24.5 Å². The summed E-state index contributed by atoms with van der Waals surface area (Å²) >= 11 is 0. The minimum atomic E-state index is -4.43. The van der Waals surface area contributed by atoms with Crippen LogP contribution in [0.1, 0.15) is 303 Å². The van der Waals surface area contributed by atoms with Crippen LogP contribution < -0.4 is 5.32 Å². The van der Waals surface area contributed by atoms with E-state index >= 15 is 0 Å². The Kier molecular flexibility index (Phi) is 51.6. The molecule has 0 saturated heterocycles. The smallest absolute Gasteiger partial charge is 0.390 e. The minimum Gasteiger partial charge on any atom is -0.390 e. The average Bonchev–Trinajstić information content (AvgIpc) is 3.33. The Labute approximate surface area is 441 Å². The molecule has 4 atom stereocenters. The average molecular weight is 1030 g/mol. The van der Waals surface area contributed by atoms with Crippen LogP contribution in [0.3, 0.4) is 0 Å². The fourth-order valence-corrected chi connectivity index (χ4v) is 10.1. The quantitative estimate of drug-likeness (QED) is 0.0207. The molecule has 9 nitrogen and oxygen atoms in total. The monoisotopic (exact) mass is 1030 g/mol. The Balaban J connectivity index is 3.99. The van der Waals surface area contributed by atoms with Gasteiger partial charge in [-0.15, -0.1) is 0 Å². The molecule has 0 heterocycles. The Morgan fingerprint density at radius 1 is 0.479 bits per heavy atom. The van der Waals surface area contributed by atoms with Crippen molar-refractivity contribution >= 4 is 13.7 Å².